The van der Waals surface area contributed by atoms with Crippen LogP contribution in [-0.4, -0.2) is 5.11 Å². The zero-order valence-electron chi connectivity index (χ0n) is 11.1. The largest absolute Gasteiger partial charge is 0.508 e. The molecular formula is C16H24O. The van der Waals surface area contributed by atoms with Crippen molar-refractivity contribution in [3.05, 3.63) is 28.8 Å². The Hall–Kier alpha value is -0.980. The van der Waals surface area contributed by atoms with Gasteiger partial charge >= 0.3 is 0 Å². The number of hydrogen-bond donors (Lipinski definition) is 1. The number of rotatable bonds is 1. The molecule has 1 aliphatic rings. The molecule has 1 fully saturated rings. The number of phenolic OH excluding ortho intramolecular Hbond substituents is 1. The van der Waals surface area contributed by atoms with Crippen LogP contribution in [0.25, 0.3) is 0 Å². The maximum atomic E-state index is 10.1. The Morgan fingerprint density at radius 1 is 0.941 bits per heavy atom. The van der Waals surface area contributed by atoms with Gasteiger partial charge in [0, 0.05) is 5.56 Å². The van der Waals surface area contributed by atoms with E-state index in [0.29, 0.717) is 11.7 Å². The Morgan fingerprint density at radius 3 is 2.18 bits per heavy atom. The highest BCUT2D eigenvalue weighted by atomic mass is 16.3. The molecule has 1 aromatic carbocycles. The fourth-order valence-corrected chi connectivity index (χ4v) is 3.08. The summed E-state index contributed by atoms with van der Waals surface area (Å²) in [6.07, 6.45) is 9.25. The number of aromatic hydroxyl groups is 1. The van der Waals surface area contributed by atoms with Crippen LogP contribution in [0.4, 0.5) is 0 Å². The molecule has 1 saturated carbocycles. The van der Waals surface area contributed by atoms with E-state index in [9.17, 15) is 5.11 Å². The van der Waals surface area contributed by atoms with Gasteiger partial charge in [-0.1, -0.05) is 38.2 Å². The first-order chi connectivity index (χ1) is 8.20. The molecule has 1 nitrogen and oxygen atoms in total. The van der Waals surface area contributed by atoms with Crippen molar-refractivity contribution in [1.82, 2.24) is 0 Å². The molecule has 0 spiro atoms. The molecule has 0 aliphatic heterocycles. The molecule has 0 saturated heterocycles. The molecule has 0 bridgehead atoms. The Bertz CT molecular complexity index is 373. The van der Waals surface area contributed by atoms with E-state index in [-0.39, 0.29) is 0 Å². The van der Waals surface area contributed by atoms with Crippen LogP contribution in [-0.2, 0) is 0 Å². The van der Waals surface area contributed by atoms with E-state index in [0.717, 1.165) is 0 Å². The summed E-state index contributed by atoms with van der Waals surface area (Å²) in [4.78, 5) is 0. The summed E-state index contributed by atoms with van der Waals surface area (Å²) in [7, 11) is 0. The highest BCUT2D eigenvalue weighted by molar-refractivity contribution is 5.45. The van der Waals surface area contributed by atoms with E-state index in [2.05, 4.69) is 13.8 Å². The van der Waals surface area contributed by atoms with E-state index in [4.69, 9.17) is 0 Å². The summed E-state index contributed by atoms with van der Waals surface area (Å²) in [6, 6.07) is 3.90. The fraction of sp³-hybridized carbons (Fsp3) is 0.625. The van der Waals surface area contributed by atoms with Gasteiger partial charge in [-0.15, -0.1) is 0 Å². The molecular weight excluding hydrogens is 208 g/mol. The molecule has 94 valence electrons. The lowest BCUT2D eigenvalue weighted by Crippen LogP contribution is -2.05. The third-order valence-electron chi connectivity index (χ3n) is 4.28. The second kappa shape index (κ2) is 5.57. The van der Waals surface area contributed by atoms with Crippen LogP contribution in [0.5, 0.6) is 5.75 Å². The third-order valence-corrected chi connectivity index (χ3v) is 4.28. The summed E-state index contributed by atoms with van der Waals surface area (Å²) in [5.74, 6) is 1.09. The van der Waals surface area contributed by atoms with Crippen LogP contribution in [0.2, 0.25) is 0 Å². The monoisotopic (exact) mass is 232 g/mol. The molecule has 1 aliphatic carbocycles. The van der Waals surface area contributed by atoms with E-state index in [1.807, 2.05) is 12.1 Å². The average molecular weight is 232 g/mol. The highest BCUT2D eigenvalue weighted by Gasteiger charge is 2.19. The molecule has 0 heterocycles. The van der Waals surface area contributed by atoms with Gasteiger partial charge in [0.15, 0.2) is 0 Å². The Balaban J connectivity index is 2.27. The minimum Gasteiger partial charge on any atom is -0.508 e. The van der Waals surface area contributed by atoms with Gasteiger partial charge in [0.2, 0.25) is 0 Å². The summed E-state index contributed by atoms with van der Waals surface area (Å²) in [5, 5.41) is 10.1. The van der Waals surface area contributed by atoms with E-state index in [1.54, 1.807) is 0 Å². The van der Waals surface area contributed by atoms with Crippen molar-refractivity contribution in [1.29, 1.82) is 0 Å². The smallest absolute Gasteiger partial charge is 0.119 e. The van der Waals surface area contributed by atoms with Gasteiger partial charge in [0.1, 0.15) is 5.75 Å². The van der Waals surface area contributed by atoms with E-state index < -0.39 is 0 Å². The summed E-state index contributed by atoms with van der Waals surface area (Å²) in [6.45, 7) is 4.30. The van der Waals surface area contributed by atoms with Crippen LogP contribution >= 0.6 is 0 Å². The van der Waals surface area contributed by atoms with Crippen molar-refractivity contribution >= 4 is 0 Å². The van der Waals surface area contributed by atoms with Crippen molar-refractivity contribution in [2.45, 2.75) is 64.7 Å². The van der Waals surface area contributed by atoms with Crippen molar-refractivity contribution in [2.24, 2.45) is 0 Å². The van der Waals surface area contributed by atoms with Crippen LogP contribution < -0.4 is 0 Å². The minimum absolute atomic E-state index is 0.513. The van der Waals surface area contributed by atoms with Gasteiger partial charge in [-0.3, -0.25) is 0 Å². The van der Waals surface area contributed by atoms with Crippen molar-refractivity contribution in [2.75, 3.05) is 0 Å². The first-order valence-corrected chi connectivity index (χ1v) is 6.99. The lowest BCUT2D eigenvalue weighted by Gasteiger charge is -2.23. The fourth-order valence-electron chi connectivity index (χ4n) is 3.08. The second-order valence-corrected chi connectivity index (χ2v) is 5.48. The molecule has 0 atom stereocenters. The normalized spacial score (nSPS) is 18.7. The predicted octanol–water partition coefficient (Wildman–Crippen LogP) is 4.84. The predicted molar refractivity (Wildman–Crippen MR) is 72.6 cm³/mol. The highest BCUT2D eigenvalue weighted by Crippen LogP contribution is 2.38. The lowest BCUT2D eigenvalue weighted by molar-refractivity contribution is 0.422. The Kier molecular flexibility index (Phi) is 4.09. The molecule has 0 amide bonds. The SMILES string of the molecule is Cc1ccc(O)c(C2CCCCCCC2)c1C. The van der Waals surface area contributed by atoms with Gasteiger partial charge in [0.05, 0.1) is 0 Å². The maximum Gasteiger partial charge on any atom is 0.119 e. The summed E-state index contributed by atoms with van der Waals surface area (Å²) in [5.41, 5.74) is 3.84. The Labute approximate surface area is 105 Å². The standard InChI is InChI=1S/C16H24O/c1-12-10-11-15(17)16(13(12)2)14-8-6-4-3-5-7-9-14/h10-11,14,17H,3-9H2,1-2H3. The zero-order valence-corrected chi connectivity index (χ0v) is 11.1. The molecule has 0 aromatic heterocycles. The Morgan fingerprint density at radius 2 is 1.53 bits per heavy atom. The molecule has 0 unspecified atom stereocenters. The van der Waals surface area contributed by atoms with Crippen molar-refractivity contribution < 1.29 is 5.11 Å². The first kappa shape index (κ1) is 12.5. The van der Waals surface area contributed by atoms with Gasteiger partial charge < -0.3 is 5.11 Å². The maximum absolute atomic E-state index is 10.1. The number of hydrogen-bond acceptors (Lipinski definition) is 1. The quantitative estimate of drug-likeness (QED) is 0.734. The number of benzene rings is 1. The van der Waals surface area contributed by atoms with Gasteiger partial charge in [0.25, 0.3) is 0 Å². The van der Waals surface area contributed by atoms with Gasteiger partial charge in [-0.25, -0.2) is 0 Å². The zero-order chi connectivity index (χ0) is 12.3. The number of phenols is 1. The van der Waals surface area contributed by atoms with Gasteiger partial charge in [-0.05, 0) is 49.8 Å². The number of aryl methyl sites for hydroxylation is 1. The topological polar surface area (TPSA) is 20.2 Å². The van der Waals surface area contributed by atoms with Crippen molar-refractivity contribution in [3.8, 4) is 5.75 Å². The summed E-state index contributed by atoms with van der Waals surface area (Å²) < 4.78 is 0. The molecule has 1 heteroatoms. The van der Waals surface area contributed by atoms with Crippen LogP contribution in [0.1, 0.15) is 67.6 Å². The molecule has 2 rings (SSSR count). The van der Waals surface area contributed by atoms with Crippen LogP contribution in [0, 0.1) is 13.8 Å². The summed E-state index contributed by atoms with van der Waals surface area (Å²) >= 11 is 0. The molecule has 0 radical (unpaired) electrons. The van der Waals surface area contributed by atoms with Crippen molar-refractivity contribution in [3.63, 3.8) is 0 Å². The lowest BCUT2D eigenvalue weighted by atomic mass is 9.82. The van der Waals surface area contributed by atoms with Gasteiger partial charge in [-0.2, -0.15) is 0 Å². The van der Waals surface area contributed by atoms with E-state index in [1.165, 1.54) is 61.6 Å². The molecule has 1 N–H and O–H groups in total. The van der Waals surface area contributed by atoms with E-state index >= 15 is 0 Å². The molecule has 17 heavy (non-hydrogen) atoms. The minimum atomic E-state index is 0.513. The van der Waals surface area contributed by atoms with Crippen LogP contribution in [0.3, 0.4) is 0 Å². The first-order valence-electron chi connectivity index (χ1n) is 6.99. The second-order valence-electron chi connectivity index (χ2n) is 5.48. The molecule has 1 aromatic rings. The van der Waals surface area contributed by atoms with Crippen LogP contribution in [0.15, 0.2) is 12.1 Å². The average Bonchev–Trinajstić information content (AvgIpc) is 2.26. The third kappa shape index (κ3) is 2.83.